The SMILES string of the molecule is O=C1CC(CNc2ncccc2C(F)(F)F)CN1C1CC1. The maximum atomic E-state index is 12.8. The standard InChI is InChI=1S/C14H16F3N3O/c15-14(16,17)11-2-1-5-18-13(11)19-7-9-6-12(21)20(8-9)10-3-4-10/h1-2,5,9-10H,3-4,6-8H2,(H,18,19). The number of hydrogen-bond donors (Lipinski definition) is 1. The number of aromatic nitrogens is 1. The number of carbonyl (C=O) groups excluding carboxylic acids is 1. The fourth-order valence-corrected chi connectivity index (χ4v) is 2.70. The molecule has 0 bridgehead atoms. The lowest BCUT2D eigenvalue weighted by Gasteiger charge is -2.17. The summed E-state index contributed by atoms with van der Waals surface area (Å²) in [6.07, 6.45) is -0.609. The molecule has 2 aliphatic rings. The summed E-state index contributed by atoms with van der Waals surface area (Å²) in [5, 5.41) is 2.75. The van der Waals surface area contributed by atoms with E-state index in [1.807, 2.05) is 4.90 Å². The van der Waals surface area contributed by atoms with Crippen LogP contribution in [0.1, 0.15) is 24.8 Å². The van der Waals surface area contributed by atoms with Gasteiger partial charge in [-0.15, -0.1) is 0 Å². The van der Waals surface area contributed by atoms with E-state index in [1.54, 1.807) is 0 Å². The zero-order valence-corrected chi connectivity index (χ0v) is 11.4. The van der Waals surface area contributed by atoms with Crippen molar-refractivity contribution in [3.63, 3.8) is 0 Å². The fourth-order valence-electron chi connectivity index (χ4n) is 2.70. The Morgan fingerprint density at radius 3 is 2.81 bits per heavy atom. The third-order valence-electron chi connectivity index (χ3n) is 3.90. The normalized spacial score (nSPS) is 22.7. The Hall–Kier alpha value is -1.79. The molecule has 7 heteroatoms. The third-order valence-corrected chi connectivity index (χ3v) is 3.90. The molecule has 21 heavy (non-hydrogen) atoms. The number of nitrogens with zero attached hydrogens (tertiary/aromatic N) is 2. The third kappa shape index (κ3) is 3.11. The summed E-state index contributed by atoms with van der Waals surface area (Å²) in [5.74, 6) is -0.00937. The van der Waals surface area contributed by atoms with Crippen molar-refractivity contribution in [1.29, 1.82) is 0 Å². The topological polar surface area (TPSA) is 45.2 Å². The van der Waals surface area contributed by atoms with Gasteiger partial charge < -0.3 is 10.2 Å². The molecular weight excluding hydrogens is 283 g/mol. The molecule has 1 saturated heterocycles. The van der Waals surface area contributed by atoms with Gasteiger partial charge in [-0.05, 0) is 25.0 Å². The largest absolute Gasteiger partial charge is 0.419 e. The maximum absolute atomic E-state index is 12.8. The molecule has 1 atom stereocenters. The molecule has 0 aromatic carbocycles. The molecule has 4 nitrogen and oxygen atoms in total. The Bertz CT molecular complexity index is 543. The van der Waals surface area contributed by atoms with Crippen molar-refractivity contribution in [1.82, 2.24) is 9.88 Å². The highest BCUT2D eigenvalue weighted by Gasteiger charge is 2.39. The molecule has 2 fully saturated rings. The molecule has 1 aliphatic heterocycles. The Morgan fingerprint density at radius 1 is 1.38 bits per heavy atom. The molecule has 3 rings (SSSR count). The highest BCUT2D eigenvalue weighted by Crippen LogP contribution is 2.35. The minimum Gasteiger partial charge on any atom is -0.369 e. The molecule has 1 unspecified atom stereocenters. The maximum Gasteiger partial charge on any atom is 0.419 e. The molecule has 1 amide bonds. The van der Waals surface area contributed by atoms with Crippen molar-refractivity contribution in [2.75, 3.05) is 18.4 Å². The van der Waals surface area contributed by atoms with Crippen LogP contribution in [0, 0.1) is 5.92 Å². The van der Waals surface area contributed by atoms with Gasteiger partial charge in [0.15, 0.2) is 0 Å². The van der Waals surface area contributed by atoms with Crippen molar-refractivity contribution in [3.8, 4) is 0 Å². The number of alkyl halides is 3. The van der Waals surface area contributed by atoms with E-state index in [4.69, 9.17) is 0 Å². The minimum absolute atomic E-state index is 0.0428. The average molecular weight is 299 g/mol. The lowest BCUT2D eigenvalue weighted by Crippen LogP contribution is -2.28. The van der Waals surface area contributed by atoms with Gasteiger partial charge in [0.05, 0.1) is 5.56 Å². The van der Waals surface area contributed by atoms with E-state index in [1.165, 1.54) is 12.3 Å². The van der Waals surface area contributed by atoms with E-state index in [0.29, 0.717) is 25.6 Å². The van der Waals surface area contributed by atoms with Gasteiger partial charge in [-0.3, -0.25) is 4.79 Å². The van der Waals surface area contributed by atoms with E-state index in [0.717, 1.165) is 18.9 Å². The van der Waals surface area contributed by atoms with Crippen LogP contribution in [0.3, 0.4) is 0 Å². The summed E-state index contributed by atoms with van der Waals surface area (Å²) in [6, 6.07) is 2.64. The predicted molar refractivity (Wildman–Crippen MR) is 70.6 cm³/mol. The van der Waals surface area contributed by atoms with Gasteiger partial charge in [0, 0.05) is 37.7 Å². The molecule has 1 aromatic heterocycles. The first-order chi connectivity index (χ1) is 9.95. The predicted octanol–water partition coefficient (Wildman–Crippen LogP) is 2.52. The lowest BCUT2D eigenvalue weighted by atomic mass is 10.1. The molecule has 0 spiro atoms. The highest BCUT2D eigenvalue weighted by atomic mass is 19.4. The van der Waals surface area contributed by atoms with Gasteiger partial charge in [-0.2, -0.15) is 13.2 Å². The van der Waals surface area contributed by atoms with Crippen LogP contribution in [0.15, 0.2) is 18.3 Å². The molecule has 1 aliphatic carbocycles. The van der Waals surface area contributed by atoms with Gasteiger partial charge in [0.1, 0.15) is 5.82 Å². The zero-order chi connectivity index (χ0) is 15.0. The molecule has 2 heterocycles. The number of likely N-dealkylation sites (tertiary alicyclic amines) is 1. The number of anilines is 1. The van der Waals surface area contributed by atoms with Crippen molar-refractivity contribution in [2.24, 2.45) is 5.92 Å². The first-order valence-corrected chi connectivity index (χ1v) is 7.00. The van der Waals surface area contributed by atoms with Crippen molar-refractivity contribution in [2.45, 2.75) is 31.5 Å². The van der Waals surface area contributed by atoms with Crippen molar-refractivity contribution >= 4 is 11.7 Å². The summed E-state index contributed by atoms with van der Waals surface area (Å²) >= 11 is 0. The van der Waals surface area contributed by atoms with Crippen LogP contribution in [0.5, 0.6) is 0 Å². The van der Waals surface area contributed by atoms with Crippen LogP contribution in [-0.2, 0) is 11.0 Å². The number of hydrogen-bond acceptors (Lipinski definition) is 3. The van der Waals surface area contributed by atoms with Crippen LogP contribution in [0.4, 0.5) is 19.0 Å². The quantitative estimate of drug-likeness (QED) is 0.929. The second-order valence-corrected chi connectivity index (χ2v) is 5.63. The number of nitrogens with one attached hydrogen (secondary N) is 1. The smallest absolute Gasteiger partial charge is 0.369 e. The average Bonchev–Trinajstić information content (AvgIpc) is 3.20. The first kappa shape index (κ1) is 14.2. The van der Waals surface area contributed by atoms with Crippen LogP contribution in [-0.4, -0.2) is 34.9 Å². The summed E-state index contributed by atoms with van der Waals surface area (Å²) in [7, 11) is 0. The highest BCUT2D eigenvalue weighted by molar-refractivity contribution is 5.79. The first-order valence-electron chi connectivity index (χ1n) is 7.00. The minimum atomic E-state index is -4.43. The summed E-state index contributed by atoms with van der Waals surface area (Å²) in [5.41, 5.74) is -0.770. The monoisotopic (exact) mass is 299 g/mol. The molecular formula is C14H16F3N3O. The Morgan fingerprint density at radius 2 is 2.14 bits per heavy atom. The summed E-state index contributed by atoms with van der Waals surface area (Å²) < 4.78 is 38.5. The van der Waals surface area contributed by atoms with Gasteiger partial charge >= 0.3 is 6.18 Å². The molecule has 1 aromatic rings. The second kappa shape index (κ2) is 5.20. The lowest BCUT2D eigenvalue weighted by molar-refractivity contribution is -0.137. The van der Waals surface area contributed by atoms with E-state index in [9.17, 15) is 18.0 Å². The molecule has 114 valence electrons. The number of halogens is 3. The van der Waals surface area contributed by atoms with Crippen LogP contribution in [0.2, 0.25) is 0 Å². The van der Waals surface area contributed by atoms with Crippen molar-refractivity contribution < 1.29 is 18.0 Å². The van der Waals surface area contributed by atoms with Crippen LogP contribution < -0.4 is 5.32 Å². The number of pyridine rings is 1. The fraction of sp³-hybridized carbons (Fsp3) is 0.571. The zero-order valence-electron chi connectivity index (χ0n) is 11.4. The van der Waals surface area contributed by atoms with E-state index >= 15 is 0 Å². The Kier molecular flexibility index (Phi) is 3.51. The number of carbonyl (C=O) groups is 1. The summed E-state index contributed by atoms with van der Waals surface area (Å²) in [6.45, 7) is 0.958. The number of amides is 1. The van der Waals surface area contributed by atoms with Gasteiger partial charge in [-0.25, -0.2) is 4.98 Å². The second-order valence-electron chi connectivity index (χ2n) is 5.63. The van der Waals surface area contributed by atoms with Crippen LogP contribution >= 0.6 is 0 Å². The summed E-state index contributed by atoms with van der Waals surface area (Å²) in [4.78, 5) is 17.4. The Labute approximate surface area is 120 Å². The molecule has 1 saturated carbocycles. The van der Waals surface area contributed by atoms with Gasteiger partial charge in [0.25, 0.3) is 0 Å². The van der Waals surface area contributed by atoms with E-state index in [-0.39, 0.29) is 17.6 Å². The Balaban J connectivity index is 1.62. The molecule has 1 N–H and O–H groups in total. The van der Waals surface area contributed by atoms with Gasteiger partial charge in [0.2, 0.25) is 5.91 Å². The van der Waals surface area contributed by atoms with E-state index in [2.05, 4.69) is 10.3 Å². The van der Waals surface area contributed by atoms with E-state index < -0.39 is 11.7 Å². The molecule has 0 radical (unpaired) electrons. The van der Waals surface area contributed by atoms with Gasteiger partial charge in [-0.1, -0.05) is 0 Å². The van der Waals surface area contributed by atoms with Crippen molar-refractivity contribution in [3.05, 3.63) is 23.9 Å². The van der Waals surface area contributed by atoms with Crippen LogP contribution in [0.25, 0.3) is 0 Å². The number of rotatable bonds is 4.